The molecule has 0 saturated carbocycles. The largest absolute Gasteiger partial charge is 0.506 e. The minimum absolute atomic E-state index is 0.00230. The number of phenols is 1. The summed E-state index contributed by atoms with van der Waals surface area (Å²) < 4.78 is 5.54. The van der Waals surface area contributed by atoms with Crippen molar-refractivity contribution in [2.24, 2.45) is 5.92 Å². The maximum absolute atomic E-state index is 14.0. The van der Waals surface area contributed by atoms with Gasteiger partial charge in [0.25, 0.3) is 0 Å². The van der Waals surface area contributed by atoms with Gasteiger partial charge in [-0.2, -0.15) is 0 Å². The molecule has 4 amide bonds. The molecule has 248 valence electrons. The highest BCUT2D eigenvalue weighted by atomic mass is 35.5. The van der Waals surface area contributed by atoms with E-state index in [-0.39, 0.29) is 41.1 Å². The van der Waals surface area contributed by atoms with Crippen LogP contribution < -0.4 is 5.32 Å². The summed E-state index contributed by atoms with van der Waals surface area (Å²) in [7, 11) is 0. The zero-order chi connectivity index (χ0) is 32.2. The highest BCUT2D eigenvalue weighted by Gasteiger charge is 2.35. The number of ether oxygens (including phenoxy) is 1. The maximum atomic E-state index is 14.0. The van der Waals surface area contributed by atoms with E-state index in [0.717, 1.165) is 62.4 Å². The molecule has 1 atom stereocenters. The van der Waals surface area contributed by atoms with E-state index in [0.29, 0.717) is 63.6 Å². The van der Waals surface area contributed by atoms with E-state index in [9.17, 15) is 19.5 Å². The van der Waals surface area contributed by atoms with Gasteiger partial charge in [0.15, 0.2) is 0 Å². The predicted molar refractivity (Wildman–Crippen MR) is 177 cm³/mol. The van der Waals surface area contributed by atoms with Crippen molar-refractivity contribution in [1.29, 1.82) is 0 Å². The van der Waals surface area contributed by atoms with Gasteiger partial charge in [-0.25, -0.2) is 4.79 Å². The molecule has 2 aromatic rings. The molecule has 4 aliphatic rings. The van der Waals surface area contributed by atoms with Gasteiger partial charge in [-0.05, 0) is 74.3 Å². The van der Waals surface area contributed by atoms with Gasteiger partial charge in [-0.3, -0.25) is 14.5 Å². The number of amides is 4. The molecular weight excluding hydrogens is 606 g/mol. The molecule has 0 aromatic heterocycles. The number of carbonyl (C=O) groups excluding carboxylic acids is 3. The molecule has 11 heteroatoms. The Kier molecular flexibility index (Phi) is 10.4. The van der Waals surface area contributed by atoms with E-state index < -0.39 is 5.92 Å². The Morgan fingerprint density at radius 3 is 2.39 bits per heavy atom. The number of nitrogens with one attached hydrogen (secondary N) is 1. The van der Waals surface area contributed by atoms with Crippen molar-refractivity contribution in [3.63, 3.8) is 0 Å². The molecule has 3 fully saturated rings. The van der Waals surface area contributed by atoms with Crippen molar-refractivity contribution in [3.8, 4) is 5.75 Å². The van der Waals surface area contributed by atoms with Gasteiger partial charge in [0, 0.05) is 83.2 Å². The number of nitrogens with zero attached hydrogens (tertiary/aromatic N) is 4. The lowest BCUT2D eigenvalue weighted by atomic mass is 9.92. The van der Waals surface area contributed by atoms with Gasteiger partial charge in [0.05, 0.1) is 10.9 Å². The molecule has 0 bridgehead atoms. The first kappa shape index (κ1) is 32.6. The summed E-state index contributed by atoms with van der Waals surface area (Å²) in [6, 6.07) is 12.0. The molecule has 6 rings (SSSR count). The van der Waals surface area contributed by atoms with E-state index in [4.69, 9.17) is 16.3 Å². The molecule has 2 N–H and O–H groups in total. The molecule has 4 heterocycles. The van der Waals surface area contributed by atoms with Crippen LogP contribution in [0.1, 0.15) is 48.8 Å². The number of rotatable bonds is 7. The number of urea groups is 1. The minimum Gasteiger partial charge on any atom is -0.506 e. The minimum atomic E-state index is -0.533. The van der Waals surface area contributed by atoms with Crippen LogP contribution in [-0.2, 0) is 27.2 Å². The fraction of sp³-hybridized carbons (Fsp3) is 0.571. The summed E-state index contributed by atoms with van der Waals surface area (Å²) in [5.74, 6) is -0.530. The molecule has 2 aromatic carbocycles. The highest BCUT2D eigenvalue weighted by molar-refractivity contribution is 6.32. The number of benzene rings is 2. The molecule has 3 saturated heterocycles. The lowest BCUT2D eigenvalue weighted by Crippen LogP contribution is -2.54. The number of piperidine rings is 1. The molecule has 0 radical (unpaired) electrons. The Hall–Kier alpha value is -3.34. The van der Waals surface area contributed by atoms with E-state index in [2.05, 4.69) is 16.3 Å². The third-order valence-electron chi connectivity index (χ3n) is 10.3. The normalized spacial score (nSPS) is 21.0. The van der Waals surface area contributed by atoms with E-state index in [1.54, 1.807) is 13.0 Å². The fourth-order valence-electron chi connectivity index (χ4n) is 7.58. The second-order valence-corrected chi connectivity index (χ2v) is 13.6. The number of phenolic OH excluding ortho intramolecular Hbond substituents is 1. The quantitative estimate of drug-likeness (QED) is 0.463. The van der Waals surface area contributed by atoms with Crippen molar-refractivity contribution in [2.75, 3.05) is 64.3 Å². The van der Waals surface area contributed by atoms with Crippen molar-refractivity contribution in [2.45, 2.75) is 64.0 Å². The molecule has 0 spiro atoms. The van der Waals surface area contributed by atoms with E-state index in [1.165, 1.54) is 0 Å². The first-order valence-electron chi connectivity index (χ1n) is 16.8. The van der Waals surface area contributed by atoms with Crippen molar-refractivity contribution in [1.82, 2.24) is 19.6 Å². The topological polar surface area (TPSA) is 106 Å². The molecule has 0 aliphatic carbocycles. The van der Waals surface area contributed by atoms with Crippen LogP contribution in [0.15, 0.2) is 36.4 Å². The number of aromatic hydroxyl groups is 1. The second-order valence-electron chi connectivity index (χ2n) is 13.2. The summed E-state index contributed by atoms with van der Waals surface area (Å²) in [5, 5.41) is 13.5. The number of hydrogen-bond donors (Lipinski definition) is 2. The summed E-state index contributed by atoms with van der Waals surface area (Å²) in [4.78, 5) is 49.1. The highest BCUT2D eigenvalue weighted by Crippen LogP contribution is 2.31. The number of para-hydroxylation sites is 1. The van der Waals surface area contributed by atoms with Crippen molar-refractivity contribution >= 4 is 35.1 Å². The molecule has 0 unspecified atom stereocenters. The Labute approximate surface area is 276 Å². The second kappa shape index (κ2) is 14.6. The van der Waals surface area contributed by atoms with Crippen LogP contribution >= 0.6 is 11.6 Å². The Bertz CT molecular complexity index is 1390. The summed E-state index contributed by atoms with van der Waals surface area (Å²) >= 11 is 6.31. The summed E-state index contributed by atoms with van der Waals surface area (Å²) in [6.07, 6.45) is 4.74. The molecule has 4 aliphatic heterocycles. The molecule has 10 nitrogen and oxygen atoms in total. The number of carbonyl (C=O) groups is 3. The zero-order valence-corrected chi connectivity index (χ0v) is 27.5. The van der Waals surface area contributed by atoms with Gasteiger partial charge in [0.1, 0.15) is 5.75 Å². The van der Waals surface area contributed by atoms with E-state index >= 15 is 0 Å². The van der Waals surface area contributed by atoms with Crippen LogP contribution in [0.4, 0.5) is 10.5 Å². The zero-order valence-electron chi connectivity index (χ0n) is 26.8. The lowest BCUT2D eigenvalue weighted by molar-refractivity contribution is -0.143. The van der Waals surface area contributed by atoms with Crippen LogP contribution in [0, 0.1) is 12.8 Å². The van der Waals surface area contributed by atoms with Gasteiger partial charge >= 0.3 is 6.03 Å². The lowest BCUT2D eigenvalue weighted by Gasteiger charge is -2.41. The van der Waals surface area contributed by atoms with Crippen LogP contribution in [-0.4, -0.2) is 114 Å². The Morgan fingerprint density at radius 1 is 0.957 bits per heavy atom. The van der Waals surface area contributed by atoms with Gasteiger partial charge in [0.2, 0.25) is 11.8 Å². The van der Waals surface area contributed by atoms with Crippen LogP contribution in [0.5, 0.6) is 5.75 Å². The Balaban J connectivity index is 1.09. The molecular formula is C35H46ClN5O5. The third kappa shape index (κ3) is 7.45. The number of anilines is 1. The third-order valence-corrected chi connectivity index (χ3v) is 10.6. The van der Waals surface area contributed by atoms with Gasteiger partial charge in [-0.15, -0.1) is 0 Å². The summed E-state index contributed by atoms with van der Waals surface area (Å²) in [5.41, 5.74) is 3.48. The standard InChI is InChI=1S/C35H46ClN5O5/c1-24-20-25(22-30(36)33(24)43)21-27(34(44)40-16-14-38(15-17-40)28-9-18-46-19-10-28)23-32(42)39-11-7-29(8-12-39)41-13-6-26-4-2-3-5-31(26)37-35(41)45/h2-5,20,22,27-29,43H,6-19,21,23H2,1H3,(H,37,45)/t27-/m0/s1. The van der Waals surface area contributed by atoms with Gasteiger partial charge in [-0.1, -0.05) is 35.9 Å². The average molecular weight is 652 g/mol. The number of piperazine rings is 1. The van der Waals surface area contributed by atoms with Crippen molar-refractivity contribution in [3.05, 3.63) is 58.1 Å². The predicted octanol–water partition coefficient (Wildman–Crippen LogP) is 4.31. The smallest absolute Gasteiger partial charge is 0.322 e. The first-order valence-corrected chi connectivity index (χ1v) is 17.2. The number of fused-ring (bicyclic) bond motifs is 1. The average Bonchev–Trinajstić information content (AvgIpc) is 3.25. The summed E-state index contributed by atoms with van der Waals surface area (Å²) in [6.45, 7) is 8.05. The van der Waals surface area contributed by atoms with Crippen LogP contribution in [0.2, 0.25) is 5.02 Å². The SMILES string of the molecule is Cc1cc(C[C@@H](CC(=O)N2CCC(N3CCc4ccccc4NC3=O)CC2)C(=O)N2CCN(C3CCOCC3)CC2)cc(Cl)c1O. The van der Waals surface area contributed by atoms with E-state index in [1.807, 2.05) is 39.0 Å². The maximum Gasteiger partial charge on any atom is 0.322 e. The number of hydrogen-bond acceptors (Lipinski definition) is 6. The van der Waals surface area contributed by atoms with Crippen LogP contribution in [0.25, 0.3) is 0 Å². The number of aryl methyl sites for hydroxylation is 1. The number of likely N-dealkylation sites (tertiary alicyclic amines) is 1. The first-order chi connectivity index (χ1) is 22.3. The number of halogens is 1. The fourth-order valence-corrected chi connectivity index (χ4v) is 7.87. The van der Waals surface area contributed by atoms with Crippen molar-refractivity contribution < 1.29 is 24.2 Å². The molecule has 46 heavy (non-hydrogen) atoms. The monoisotopic (exact) mass is 651 g/mol. The van der Waals surface area contributed by atoms with Gasteiger partial charge < -0.3 is 29.9 Å². The van der Waals surface area contributed by atoms with Crippen LogP contribution in [0.3, 0.4) is 0 Å². The Morgan fingerprint density at radius 2 is 1.67 bits per heavy atom.